The lowest BCUT2D eigenvalue weighted by molar-refractivity contribution is 0.0697. The predicted octanol–water partition coefficient (Wildman–Crippen LogP) is 6.10. The van der Waals surface area contributed by atoms with Gasteiger partial charge in [0.05, 0.1) is 17.2 Å². The lowest BCUT2D eigenvalue weighted by atomic mass is 10.0. The van der Waals surface area contributed by atoms with E-state index in [1.165, 1.54) is 17.7 Å². The molecule has 4 nitrogen and oxygen atoms in total. The van der Waals surface area contributed by atoms with Crippen LogP contribution >= 0.6 is 15.9 Å². The van der Waals surface area contributed by atoms with E-state index in [1.54, 1.807) is 18.2 Å². The van der Waals surface area contributed by atoms with Crippen molar-refractivity contribution in [3.05, 3.63) is 99.0 Å². The van der Waals surface area contributed by atoms with Gasteiger partial charge in [-0.15, -0.1) is 0 Å². The van der Waals surface area contributed by atoms with E-state index in [0.29, 0.717) is 23.5 Å². The highest BCUT2D eigenvalue weighted by Crippen LogP contribution is 2.28. The molecule has 0 amide bonds. The molecule has 0 atom stereocenters. The summed E-state index contributed by atoms with van der Waals surface area (Å²) >= 11 is 3.46. The maximum absolute atomic E-state index is 11.0. The average molecular weight is 448 g/mol. The number of nitrogens with zero attached hydrogens (tertiary/aromatic N) is 1. The minimum Gasteiger partial charge on any atom is -0.488 e. The smallest absolute Gasteiger partial charge is 0.335 e. The van der Waals surface area contributed by atoms with Crippen molar-refractivity contribution in [3.8, 4) is 11.8 Å². The Balaban J connectivity index is 1.90. The molecule has 0 aromatic heterocycles. The van der Waals surface area contributed by atoms with E-state index in [9.17, 15) is 10.1 Å². The Labute approximate surface area is 177 Å². The fraction of sp³-hybridized carbons (Fsp3) is 0.0833. The van der Waals surface area contributed by atoms with Gasteiger partial charge in [0.15, 0.2) is 0 Å². The number of ether oxygens (including phenoxy) is 1. The van der Waals surface area contributed by atoms with Crippen LogP contribution in [0.15, 0.2) is 71.2 Å². The molecule has 3 aromatic carbocycles. The molecule has 0 aliphatic heterocycles. The van der Waals surface area contributed by atoms with E-state index < -0.39 is 5.97 Å². The van der Waals surface area contributed by atoms with Gasteiger partial charge in [0.25, 0.3) is 0 Å². The van der Waals surface area contributed by atoms with Crippen LogP contribution in [0.2, 0.25) is 0 Å². The van der Waals surface area contributed by atoms with Crippen LogP contribution in [0.3, 0.4) is 0 Å². The normalized spacial score (nSPS) is 11.0. The number of carbonyl (C=O) groups is 1. The van der Waals surface area contributed by atoms with E-state index in [-0.39, 0.29) is 5.56 Å². The standard InChI is InChI=1S/C24H18BrNO3/c1-16-3-2-4-17(11-16)15-29-23-10-9-22(25)13-20(23)12-21(14-26)18-5-7-19(8-6-18)24(27)28/h2-13H,15H2,1H3,(H,27,28)/b21-12-. The van der Waals surface area contributed by atoms with Crippen molar-refractivity contribution in [1.29, 1.82) is 5.26 Å². The van der Waals surface area contributed by atoms with E-state index in [2.05, 4.69) is 28.1 Å². The number of aromatic carboxylic acids is 1. The number of hydrogen-bond donors (Lipinski definition) is 1. The first-order valence-corrected chi connectivity index (χ1v) is 9.69. The zero-order valence-corrected chi connectivity index (χ0v) is 17.3. The second-order valence-corrected chi connectivity index (χ2v) is 7.43. The summed E-state index contributed by atoms with van der Waals surface area (Å²) in [5, 5.41) is 18.7. The summed E-state index contributed by atoms with van der Waals surface area (Å²) in [5.74, 6) is -0.345. The molecular formula is C24H18BrNO3. The summed E-state index contributed by atoms with van der Waals surface area (Å²) in [7, 11) is 0. The Bertz CT molecular complexity index is 1110. The van der Waals surface area contributed by atoms with Crippen LogP contribution in [0.5, 0.6) is 5.75 Å². The van der Waals surface area contributed by atoms with Crippen LogP contribution in [0.4, 0.5) is 0 Å². The maximum Gasteiger partial charge on any atom is 0.335 e. The highest BCUT2D eigenvalue weighted by atomic mass is 79.9. The van der Waals surface area contributed by atoms with Gasteiger partial charge >= 0.3 is 5.97 Å². The van der Waals surface area contributed by atoms with Crippen molar-refractivity contribution >= 4 is 33.5 Å². The third kappa shape index (κ3) is 5.34. The van der Waals surface area contributed by atoms with Crippen molar-refractivity contribution in [2.75, 3.05) is 0 Å². The zero-order valence-electron chi connectivity index (χ0n) is 15.7. The summed E-state index contributed by atoms with van der Waals surface area (Å²) in [6, 6.07) is 22.1. The summed E-state index contributed by atoms with van der Waals surface area (Å²) in [4.78, 5) is 11.0. The summed E-state index contributed by atoms with van der Waals surface area (Å²) in [5.41, 5.74) is 4.22. The van der Waals surface area contributed by atoms with Crippen LogP contribution < -0.4 is 4.74 Å². The molecule has 29 heavy (non-hydrogen) atoms. The second kappa shape index (κ2) is 9.22. The number of halogens is 1. The van der Waals surface area contributed by atoms with Crippen LogP contribution in [0.25, 0.3) is 11.6 Å². The Morgan fingerprint density at radius 2 is 1.83 bits per heavy atom. The van der Waals surface area contributed by atoms with Crippen molar-refractivity contribution < 1.29 is 14.6 Å². The first-order valence-electron chi connectivity index (χ1n) is 8.89. The fourth-order valence-corrected chi connectivity index (χ4v) is 3.23. The Morgan fingerprint density at radius 3 is 2.48 bits per heavy atom. The molecule has 0 saturated carbocycles. The molecule has 3 aromatic rings. The lowest BCUT2D eigenvalue weighted by Crippen LogP contribution is -1.98. The SMILES string of the molecule is Cc1cccc(COc2ccc(Br)cc2/C=C(/C#N)c2ccc(C(=O)O)cc2)c1. The molecule has 3 rings (SSSR count). The molecule has 0 unspecified atom stereocenters. The molecule has 5 heteroatoms. The number of aryl methyl sites for hydroxylation is 1. The summed E-state index contributed by atoms with van der Waals surface area (Å²) in [6.45, 7) is 2.45. The molecule has 0 aliphatic rings. The van der Waals surface area contributed by atoms with Gasteiger partial charge in [0, 0.05) is 10.0 Å². The minimum atomic E-state index is -1.00. The molecule has 0 radical (unpaired) electrons. The van der Waals surface area contributed by atoms with Gasteiger partial charge in [-0.1, -0.05) is 57.9 Å². The quantitative estimate of drug-likeness (QED) is 0.366. The van der Waals surface area contributed by atoms with Gasteiger partial charge < -0.3 is 9.84 Å². The molecule has 0 aliphatic carbocycles. The van der Waals surface area contributed by atoms with Crippen molar-refractivity contribution in [3.63, 3.8) is 0 Å². The van der Waals surface area contributed by atoms with Crippen LogP contribution in [0, 0.1) is 18.3 Å². The van der Waals surface area contributed by atoms with Gasteiger partial charge in [-0.05, 0) is 54.5 Å². The number of benzene rings is 3. The van der Waals surface area contributed by atoms with E-state index in [4.69, 9.17) is 9.84 Å². The lowest BCUT2D eigenvalue weighted by Gasteiger charge is -2.11. The highest BCUT2D eigenvalue weighted by molar-refractivity contribution is 9.10. The van der Waals surface area contributed by atoms with Crippen LogP contribution in [0.1, 0.15) is 32.6 Å². The highest BCUT2D eigenvalue weighted by Gasteiger charge is 2.09. The molecule has 1 N–H and O–H groups in total. The summed E-state index contributed by atoms with van der Waals surface area (Å²) < 4.78 is 6.88. The van der Waals surface area contributed by atoms with E-state index in [0.717, 1.165) is 15.6 Å². The molecule has 0 bridgehead atoms. The number of nitriles is 1. The summed E-state index contributed by atoms with van der Waals surface area (Å²) in [6.07, 6.45) is 1.74. The molecule has 0 saturated heterocycles. The number of allylic oxidation sites excluding steroid dienone is 1. The van der Waals surface area contributed by atoms with Gasteiger partial charge in [-0.3, -0.25) is 0 Å². The fourth-order valence-electron chi connectivity index (χ4n) is 2.85. The molecule has 0 heterocycles. The van der Waals surface area contributed by atoms with Gasteiger partial charge in [-0.25, -0.2) is 4.79 Å². The number of carboxylic acid groups (broad SMARTS) is 1. The molecule has 144 valence electrons. The Morgan fingerprint density at radius 1 is 1.10 bits per heavy atom. The average Bonchev–Trinajstić information content (AvgIpc) is 2.71. The molecule has 0 spiro atoms. The van der Waals surface area contributed by atoms with Crippen molar-refractivity contribution in [2.45, 2.75) is 13.5 Å². The largest absolute Gasteiger partial charge is 0.488 e. The minimum absolute atomic E-state index is 0.177. The zero-order chi connectivity index (χ0) is 20.8. The third-order valence-corrected chi connectivity index (χ3v) is 4.81. The van der Waals surface area contributed by atoms with E-state index in [1.807, 2.05) is 43.3 Å². The van der Waals surface area contributed by atoms with Gasteiger partial charge in [-0.2, -0.15) is 5.26 Å². The topological polar surface area (TPSA) is 70.3 Å². The van der Waals surface area contributed by atoms with Gasteiger partial charge in [0.1, 0.15) is 12.4 Å². The number of rotatable bonds is 6. The number of carboxylic acids is 1. The van der Waals surface area contributed by atoms with Gasteiger partial charge in [0.2, 0.25) is 0 Å². The Hall–Kier alpha value is -3.36. The van der Waals surface area contributed by atoms with Crippen molar-refractivity contribution in [2.24, 2.45) is 0 Å². The predicted molar refractivity (Wildman–Crippen MR) is 117 cm³/mol. The third-order valence-electron chi connectivity index (χ3n) is 4.31. The number of hydrogen-bond acceptors (Lipinski definition) is 3. The van der Waals surface area contributed by atoms with E-state index >= 15 is 0 Å². The Kier molecular flexibility index (Phi) is 6.48. The van der Waals surface area contributed by atoms with Crippen LogP contribution in [-0.2, 0) is 6.61 Å². The monoisotopic (exact) mass is 447 g/mol. The van der Waals surface area contributed by atoms with Crippen LogP contribution in [-0.4, -0.2) is 11.1 Å². The second-order valence-electron chi connectivity index (χ2n) is 6.51. The first-order chi connectivity index (χ1) is 14.0. The van der Waals surface area contributed by atoms with Crippen molar-refractivity contribution in [1.82, 2.24) is 0 Å². The maximum atomic E-state index is 11.0. The molecular weight excluding hydrogens is 430 g/mol. The molecule has 0 fully saturated rings. The first kappa shape index (κ1) is 20.4.